The van der Waals surface area contributed by atoms with Crippen LogP contribution >= 0.6 is 11.8 Å². The minimum atomic E-state index is -4.51. The third-order valence-electron chi connectivity index (χ3n) is 3.54. The van der Waals surface area contributed by atoms with Crippen LogP contribution in [-0.4, -0.2) is 74.1 Å². The molecule has 1 heterocycles. The molecular formula is C15H18F3NO6S2. The number of carbonyl (C=O) groups is 1. The molecule has 0 amide bonds. The van der Waals surface area contributed by atoms with Gasteiger partial charge in [-0.3, -0.25) is 9.45 Å². The number of halogens is 3. The number of benzene rings is 1. The fourth-order valence-electron chi connectivity index (χ4n) is 2.47. The summed E-state index contributed by atoms with van der Waals surface area (Å²) in [5.41, 5.74) is -4.65. The van der Waals surface area contributed by atoms with Gasteiger partial charge in [0.2, 0.25) is 0 Å². The molecule has 0 aromatic heterocycles. The Morgan fingerprint density at radius 2 is 2.00 bits per heavy atom. The first kappa shape index (κ1) is 22.0. The highest BCUT2D eigenvalue weighted by atomic mass is 32.2. The lowest BCUT2D eigenvalue weighted by Crippen LogP contribution is -2.44. The molecule has 1 fully saturated rings. The molecular weight excluding hydrogens is 411 g/mol. The molecule has 1 aliphatic rings. The zero-order valence-corrected chi connectivity index (χ0v) is 15.6. The van der Waals surface area contributed by atoms with E-state index >= 15 is 0 Å². The maximum atomic E-state index is 12.5. The molecule has 1 atom stereocenters. The van der Waals surface area contributed by atoms with Crippen LogP contribution in [0.5, 0.6) is 0 Å². The van der Waals surface area contributed by atoms with Crippen molar-refractivity contribution in [3.63, 3.8) is 0 Å². The molecule has 1 aromatic rings. The van der Waals surface area contributed by atoms with Crippen LogP contribution in [0.15, 0.2) is 29.2 Å². The van der Waals surface area contributed by atoms with E-state index in [1.54, 1.807) is 0 Å². The number of nitrogens with zero attached hydrogens (tertiary/aromatic N) is 1. The van der Waals surface area contributed by atoms with Crippen LogP contribution in [0.2, 0.25) is 0 Å². The Hall–Kier alpha value is -1.34. The van der Waals surface area contributed by atoms with Crippen molar-refractivity contribution >= 4 is 27.8 Å². The van der Waals surface area contributed by atoms with Crippen LogP contribution < -0.4 is 0 Å². The number of carbonyl (C=O) groups excluding carboxylic acids is 1. The third kappa shape index (κ3) is 8.47. The molecule has 7 nitrogen and oxygen atoms in total. The van der Waals surface area contributed by atoms with Crippen molar-refractivity contribution in [1.82, 2.24) is 4.90 Å². The van der Waals surface area contributed by atoms with Gasteiger partial charge in [0.05, 0.1) is 18.8 Å². The first-order valence-corrected chi connectivity index (χ1v) is 10.3. The summed E-state index contributed by atoms with van der Waals surface area (Å²) in [5.74, 6) is -1.78. The van der Waals surface area contributed by atoms with E-state index in [2.05, 4.69) is 0 Å². The summed E-state index contributed by atoms with van der Waals surface area (Å²) >= 11 is -0.376. The van der Waals surface area contributed by atoms with Crippen molar-refractivity contribution in [2.24, 2.45) is 0 Å². The van der Waals surface area contributed by atoms with Crippen LogP contribution in [-0.2, 0) is 19.6 Å². The number of rotatable bonds is 7. The fraction of sp³-hybridized carbons (Fsp3) is 0.533. The predicted octanol–water partition coefficient (Wildman–Crippen LogP) is 2.04. The standard InChI is InChI=1S/C15H18F3NO6S2/c16-15(17,18)26-13-3-1-2-11(8-13)14(20)25-12(10-27(21,22)23)9-19-4-6-24-7-5-19/h1-3,8,12H,4-7,9-10H2,(H,21,22,23). The molecule has 1 saturated heterocycles. The molecule has 1 unspecified atom stereocenters. The SMILES string of the molecule is O=C(OC(CN1CCOCC1)CS(=O)(=O)O)c1cccc(SC(F)(F)F)c1. The Morgan fingerprint density at radius 1 is 1.33 bits per heavy atom. The van der Waals surface area contributed by atoms with E-state index in [9.17, 15) is 26.4 Å². The number of hydrogen-bond acceptors (Lipinski definition) is 7. The maximum Gasteiger partial charge on any atom is 0.446 e. The fourth-order valence-corrected chi connectivity index (χ4v) is 3.71. The van der Waals surface area contributed by atoms with Crippen molar-refractivity contribution in [1.29, 1.82) is 0 Å². The lowest BCUT2D eigenvalue weighted by atomic mass is 10.2. The molecule has 27 heavy (non-hydrogen) atoms. The van der Waals surface area contributed by atoms with Gasteiger partial charge in [0.1, 0.15) is 11.9 Å². The van der Waals surface area contributed by atoms with Gasteiger partial charge in [-0.1, -0.05) is 6.07 Å². The molecule has 12 heteroatoms. The van der Waals surface area contributed by atoms with E-state index in [1.807, 2.05) is 4.90 Å². The molecule has 1 aliphatic heterocycles. The Morgan fingerprint density at radius 3 is 2.59 bits per heavy atom. The largest absolute Gasteiger partial charge is 0.456 e. The van der Waals surface area contributed by atoms with Gasteiger partial charge in [-0.25, -0.2) is 4.79 Å². The monoisotopic (exact) mass is 429 g/mol. The van der Waals surface area contributed by atoms with Crippen LogP contribution in [0.1, 0.15) is 10.4 Å². The highest BCUT2D eigenvalue weighted by molar-refractivity contribution is 8.00. The Kier molecular flexibility index (Phi) is 7.51. The van der Waals surface area contributed by atoms with Gasteiger partial charge < -0.3 is 9.47 Å². The molecule has 1 aromatic carbocycles. The van der Waals surface area contributed by atoms with Crippen molar-refractivity contribution in [2.75, 3.05) is 38.6 Å². The average Bonchev–Trinajstić information content (AvgIpc) is 2.52. The second-order valence-corrected chi connectivity index (χ2v) is 8.40. The summed E-state index contributed by atoms with van der Waals surface area (Å²) in [5, 5.41) is 0. The first-order chi connectivity index (χ1) is 12.5. The lowest BCUT2D eigenvalue weighted by Gasteiger charge is -2.29. The average molecular weight is 429 g/mol. The third-order valence-corrected chi connectivity index (χ3v) is 5.05. The highest BCUT2D eigenvalue weighted by Crippen LogP contribution is 2.37. The molecule has 0 radical (unpaired) electrons. The van der Waals surface area contributed by atoms with Crippen molar-refractivity contribution in [3.8, 4) is 0 Å². The molecule has 152 valence electrons. The number of thioether (sulfide) groups is 1. The van der Waals surface area contributed by atoms with Crippen LogP contribution in [0.3, 0.4) is 0 Å². The number of esters is 1. The second-order valence-electron chi connectivity index (χ2n) is 5.76. The molecule has 0 saturated carbocycles. The highest BCUT2D eigenvalue weighted by Gasteiger charge is 2.30. The summed E-state index contributed by atoms with van der Waals surface area (Å²) in [6.07, 6.45) is -1.18. The van der Waals surface area contributed by atoms with E-state index in [-0.39, 0.29) is 28.8 Å². The summed E-state index contributed by atoms with van der Waals surface area (Å²) < 4.78 is 79.2. The summed E-state index contributed by atoms with van der Waals surface area (Å²) in [6.45, 7) is 1.91. The zero-order chi connectivity index (χ0) is 20.1. The van der Waals surface area contributed by atoms with Crippen LogP contribution in [0, 0.1) is 0 Å². The van der Waals surface area contributed by atoms with Gasteiger partial charge in [0.25, 0.3) is 10.1 Å². The number of morpholine rings is 1. The van der Waals surface area contributed by atoms with E-state index in [4.69, 9.17) is 14.0 Å². The molecule has 0 bridgehead atoms. The van der Waals surface area contributed by atoms with Gasteiger partial charge in [0, 0.05) is 24.5 Å². The Labute approximate surface area is 158 Å². The molecule has 0 aliphatic carbocycles. The molecule has 1 N–H and O–H groups in total. The Balaban J connectivity index is 2.08. The Bertz CT molecular complexity index is 750. The van der Waals surface area contributed by atoms with Gasteiger partial charge in [-0.05, 0) is 30.0 Å². The minimum Gasteiger partial charge on any atom is -0.456 e. The van der Waals surface area contributed by atoms with Crippen molar-refractivity contribution in [3.05, 3.63) is 29.8 Å². The summed E-state index contributed by atoms with van der Waals surface area (Å²) in [7, 11) is -4.42. The van der Waals surface area contributed by atoms with Gasteiger partial charge in [-0.2, -0.15) is 21.6 Å². The molecule has 2 rings (SSSR count). The van der Waals surface area contributed by atoms with E-state index in [0.717, 1.165) is 6.07 Å². The number of ether oxygens (including phenoxy) is 2. The normalized spacial score (nSPS) is 17.5. The molecule has 0 spiro atoms. The summed E-state index contributed by atoms with van der Waals surface area (Å²) in [6, 6.07) is 4.74. The van der Waals surface area contributed by atoms with Gasteiger partial charge in [-0.15, -0.1) is 0 Å². The van der Waals surface area contributed by atoms with Crippen molar-refractivity contribution < 1.29 is 40.4 Å². The van der Waals surface area contributed by atoms with E-state index < -0.39 is 33.5 Å². The topological polar surface area (TPSA) is 93.1 Å². The van der Waals surface area contributed by atoms with Gasteiger partial charge in [0.15, 0.2) is 0 Å². The van der Waals surface area contributed by atoms with Crippen LogP contribution in [0.25, 0.3) is 0 Å². The number of alkyl halides is 3. The van der Waals surface area contributed by atoms with Crippen LogP contribution in [0.4, 0.5) is 13.2 Å². The summed E-state index contributed by atoms with van der Waals surface area (Å²) in [4.78, 5) is 13.9. The smallest absolute Gasteiger partial charge is 0.446 e. The van der Waals surface area contributed by atoms with E-state index in [0.29, 0.717) is 26.3 Å². The lowest BCUT2D eigenvalue weighted by molar-refractivity contribution is -0.0328. The zero-order valence-electron chi connectivity index (χ0n) is 14.0. The quantitative estimate of drug-likeness (QED) is 0.400. The number of hydrogen-bond donors (Lipinski definition) is 1. The predicted molar refractivity (Wildman–Crippen MR) is 91.2 cm³/mol. The first-order valence-electron chi connectivity index (χ1n) is 7.84. The maximum absolute atomic E-state index is 12.5. The minimum absolute atomic E-state index is 0.0475. The van der Waals surface area contributed by atoms with E-state index in [1.165, 1.54) is 18.2 Å². The van der Waals surface area contributed by atoms with Crippen molar-refractivity contribution in [2.45, 2.75) is 16.5 Å². The second kappa shape index (κ2) is 9.24. The van der Waals surface area contributed by atoms with Gasteiger partial charge >= 0.3 is 11.5 Å².